The van der Waals surface area contributed by atoms with E-state index in [0.29, 0.717) is 24.2 Å². The van der Waals surface area contributed by atoms with E-state index in [-0.39, 0.29) is 11.4 Å². The monoisotopic (exact) mass is 287 g/mol. The average Bonchev–Trinajstić information content (AvgIpc) is 2.38. The van der Waals surface area contributed by atoms with Gasteiger partial charge in [-0.2, -0.15) is 0 Å². The highest BCUT2D eigenvalue weighted by Gasteiger charge is 2.15. The van der Waals surface area contributed by atoms with Crippen LogP contribution in [0.25, 0.3) is 0 Å². The maximum atomic E-state index is 10.9. The number of nitrogens with zero attached hydrogens (tertiary/aromatic N) is 1. The van der Waals surface area contributed by atoms with E-state index in [9.17, 15) is 10.1 Å². The highest BCUT2D eigenvalue weighted by molar-refractivity contribution is 6.17. The molecule has 1 atom stereocenters. The van der Waals surface area contributed by atoms with Gasteiger partial charge in [0.25, 0.3) is 0 Å². The first-order valence-electron chi connectivity index (χ1n) is 6.09. The van der Waals surface area contributed by atoms with E-state index in [1.807, 2.05) is 0 Å². The molecule has 6 heteroatoms. The molecule has 0 aliphatic heterocycles. The molecule has 0 saturated heterocycles. The quantitative estimate of drug-likeness (QED) is 0.416. The number of nitro benzene ring substituents is 1. The maximum Gasteiger partial charge on any atom is 0.314 e. The molecule has 0 fully saturated rings. The molecule has 0 saturated carbocycles. The van der Waals surface area contributed by atoms with Crippen LogP contribution in [0.15, 0.2) is 18.2 Å². The molecule has 1 unspecified atom stereocenters. The van der Waals surface area contributed by atoms with Gasteiger partial charge >= 0.3 is 5.69 Å². The molecule has 0 amide bonds. The SMILES string of the molecule is COc1ccc(OCCC(C)CCCl)cc1[N+](=O)[O-]. The zero-order valence-corrected chi connectivity index (χ0v) is 11.9. The Labute approximate surface area is 117 Å². The number of methoxy groups -OCH3 is 1. The summed E-state index contributed by atoms with van der Waals surface area (Å²) < 4.78 is 10.4. The van der Waals surface area contributed by atoms with Crippen molar-refractivity contribution in [1.82, 2.24) is 0 Å². The van der Waals surface area contributed by atoms with Crippen LogP contribution in [0, 0.1) is 16.0 Å². The number of halogens is 1. The molecule has 106 valence electrons. The lowest BCUT2D eigenvalue weighted by Gasteiger charge is -2.11. The summed E-state index contributed by atoms with van der Waals surface area (Å²) in [6.07, 6.45) is 1.81. The first-order chi connectivity index (χ1) is 9.08. The molecule has 5 nitrogen and oxygen atoms in total. The third-order valence-electron chi connectivity index (χ3n) is 2.83. The van der Waals surface area contributed by atoms with Gasteiger partial charge in [0.1, 0.15) is 5.75 Å². The molecular formula is C13H18ClNO4. The average molecular weight is 288 g/mol. The molecule has 0 spiro atoms. The van der Waals surface area contributed by atoms with Crippen molar-refractivity contribution in [1.29, 1.82) is 0 Å². The number of rotatable bonds is 8. The standard InChI is InChI=1S/C13H18ClNO4/c1-10(5-7-14)6-8-19-11-3-4-13(18-2)12(9-11)15(16)17/h3-4,9-10H,5-8H2,1-2H3. The van der Waals surface area contributed by atoms with Gasteiger partial charge in [-0.15, -0.1) is 11.6 Å². The number of benzene rings is 1. The lowest BCUT2D eigenvalue weighted by Crippen LogP contribution is -2.05. The Morgan fingerprint density at radius 2 is 2.16 bits per heavy atom. The Morgan fingerprint density at radius 3 is 2.74 bits per heavy atom. The van der Waals surface area contributed by atoms with Crippen LogP contribution < -0.4 is 9.47 Å². The van der Waals surface area contributed by atoms with Crippen molar-refractivity contribution in [2.24, 2.45) is 5.92 Å². The number of hydrogen-bond acceptors (Lipinski definition) is 4. The van der Waals surface area contributed by atoms with Gasteiger partial charge in [-0.05, 0) is 30.9 Å². The minimum Gasteiger partial charge on any atom is -0.493 e. The summed E-state index contributed by atoms with van der Waals surface area (Å²) in [4.78, 5) is 10.4. The summed E-state index contributed by atoms with van der Waals surface area (Å²) >= 11 is 5.65. The first-order valence-corrected chi connectivity index (χ1v) is 6.63. The predicted octanol–water partition coefficient (Wildman–Crippen LogP) is 3.64. The first kappa shape index (κ1) is 15.6. The Hall–Kier alpha value is -1.49. The molecule has 0 radical (unpaired) electrons. The summed E-state index contributed by atoms with van der Waals surface area (Å²) in [6.45, 7) is 2.61. The molecule has 19 heavy (non-hydrogen) atoms. The lowest BCUT2D eigenvalue weighted by molar-refractivity contribution is -0.385. The zero-order chi connectivity index (χ0) is 14.3. The molecule has 1 rings (SSSR count). The molecule has 0 aliphatic rings. The highest BCUT2D eigenvalue weighted by atomic mass is 35.5. The fraction of sp³-hybridized carbons (Fsp3) is 0.538. The fourth-order valence-electron chi connectivity index (χ4n) is 1.61. The lowest BCUT2D eigenvalue weighted by atomic mass is 10.1. The highest BCUT2D eigenvalue weighted by Crippen LogP contribution is 2.30. The van der Waals surface area contributed by atoms with E-state index in [2.05, 4.69) is 6.92 Å². The van der Waals surface area contributed by atoms with Crippen LogP contribution >= 0.6 is 11.6 Å². The van der Waals surface area contributed by atoms with Gasteiger partial charge in [0.2, 0.25) is 0 Å². The number of nitro groups is 1. The molecule has 0 heterocycles. The number of hydrogen-bond donors (Lipinski definition) is 0. The molecule has 0 N–H and O–H groups in total. The van der Waals surface area contributed by atoms with Crippen molar-refractivity contribution in [2.75, 3.05) is 19.6 Å². The number of ether oxygens (including phenoxy) is 2. The fourth-order valence-corrected chi connectivity index (χ4v) is 1.98. The van der Waals surface area contributed by atoms with Gasteiger partial charge in [0, 0.05) is 5.88 Å². The van der Waals surface area contributed by atoms with E-state index < -0.39 is 4.92 Å². The molecular weight excluding hydrogens is 270 g/mol. The topological polar surface area (TPSA) is 61.6 Å². The van der Waals surface area contributed by atoms with Crippen LogP contribution in [-0.2, 0) is 0 Å². The van der Waals surface area contributed by atoms with Crippen LogP contribution in [0.3, 0.4) is 0 Å². The van der Waals surface area contributed by atoms with E-state index in [1.165, 1.54) is 19.2 Å². The largest absolute Gasteiger partial charge is 0.493 e. The van der Waals surface area contributed by atoms with Crippen molar-refractivity contribution in [2.45, 2.75) is 19.8 Å². The van der Waals surface area contributed by atoms with Crippen LogP contribution in [0.2, 0.25) is 0 Å². The van der Waals surface area contributed by atoms with Gasteiger partial charge in [-0.1, -0.05) is 6.92 Å². The predicted molar refractivity (Wildman–Crippen MR) is 74.3 cm³/mol. The summed E-state index contributed by atoms with van der Waals surface area (Å²) in [5.41, 5.74) is -0.0891. The van der Waals surface area contributed by atoms with E-state index in [4.69, 9.17) is 21.1 Å². The van der Waals surface area contributed by atoms with Gasteiger partial charge in [-0.3, -0.25) is 10.1 Å². The molecule has 1 aromatic rings. The zero-order valence-electron chi connectivity index (χ0n) is 11.1. The van der Waals surface area contributed by atoms with Crippen LogP contribution in [0.1, 0.15) is 19.8 Å². The van der Waals surface area contributed by atoms with E-state index in [1.54, 1.807) is 6.07 Å². The smallest absolute Gasteiger partial charge is 0.314 e. The van der Waals surface area contributed by atoms with Crippen LogP contribution in [0.4, 0.5) is 5.69 Å². The summed E-state index contributed by atoms with van der Waals surface area (Å²) in [5, 5.41) is 10.9. The molecule has 0 bridgehead atoms. The van der Waals surface area contributed by atoms with Crippen molar-refractivity contribution in [3.8, 4) is 11.5 Å². The summed E-state index contributed by atoms with van der Waals surface area (Å²) in [7, 11) is 1.40. The van der Waals surface area contributed by atoms with Crippen molar-refractivity contribution in [3.63, 3.8) is 0 Å². The molecule has 0 aromatic heterocycles. The third kappa shape index (κ3) is 4.95. The van der Waals surface area contributed by atoms with Gasteiger partial charge in [-0.25, -0.2) is 0 Å². The van der Waals surface area contributed by atoms with Gasteiger partial charge < -0.3 is 9.47 Å². The Balaban J connectivity index is 2.60. The minimum absolute atomic E-state index is 0.0891. The van der Waals surface area contributed by atoms with Crippen molar-refractivity contribution < 1.29 is 14.4 Å². The van der Waals surface area contributed by atoms with Gasteiger partial charge in [0.15, 0.2) is 5.75 Å². The number of alkyl halides is 1. The van der Waals surface area contributed by atoms with Gasteiger partial charge in [0.05, 0.1) is 24.7 Å². The Morgan fingerprint density at radius 1 is 1.42 bits per heavy atom. The molecule has 0 aliphatic carbocycles. The Kier molecular flexibility index (Phi) is 6.42. The maximum absolute atomic E-state index is 10.9. The Bertz CT molecular complexity index is 425. The second-order valence-corrected chi connectivity index (χ2v) is 4.69. The summed E-state index contributed by atoms with van der Waals surface area (Å²) in [6, 6.07) is 4.58. The van der Waals surface area contributed by atoms with Crippen LogP contribution in [-0.4, -0.2) is 24.5 Å². The minimum atomic E-state index is -0.484. The second kappa shape index (κ2) is 7.84. The van der Waals surface area contributed by atoms with E-state index in [0.717, 1.165) is 12.8 Å². The van der Waals surface area contributed by atoms with Crippen molar-refractivity contribution >= 4 is 17.3 Å². The summed E-state index contributed by atoms with van der Waals surface area (Å²) in [5.74, 6) is 1.82. The molecule has 1 aromatic carbocycles. The van der Waals surface area contributed by atoms with E-state index >= 15 is 0 Å². The third-order valence-corrected chi connectivity index (χ3v) is 3.05. The second-order valence-electron chi connectivity index (χ2n) is 4.31. The van der Waals surface area contributed by atoms with Crippen LogP contribution in [0.5, 0.6) is 11.5 Å². The van der Waals surface area contributed by atoms with Crippen molar-refractivity contribution in [3.05, 3.63) is 28.3 Å². The normalized spacial score (nSPS) is 11.9.